The van der Waals surface area contributed by atoms with Crippen molar-refractivity contribution in [3.63, 3.8) is 0 Å². The maximum absolute atomic E-state index is 10.4. The summed E-state index contributed by atoms with van der Waals surface area (Å²) in [6.45, 7) is 1.89. The van der Waals surface area contributed by atoms with Crippen LogP contribution in [0.1, 0.15) is 18.1 Å². The maximum atomic E-state index is 10.4. The Morgan fingerprint density at radius 1 is 0.909 bits per heavy atom. The summed E-state index contributed by atoms with van der Waals surface area (Å²) in [7, 11) is 0. The van der Waals surface area contributed by atoms with E-state index in [1.165, 1.54) is 12.5 Å². The normalized spacial score (nSPS) is 9.32. The fourth-order valence-corrected chi connectivity index (χ4v) is 1.73. The predicted molar refractivity (Wildman–Crippen MR) is 84.6 cm³/mol. The van der Waals surface area contributed by atoms with Crippen molar-refractivity contribution in [1.29, 1.82) is 0 Å². The molecule has 1 N–H and O–H groups in total. The molecule has 2 rings (SSSR count). The number of benzene rings is 2. The van der Waals surface area contributed by atoms with Gasteiger partial charge < -0.3 is 9.84 Å². The fourth-order valence-electron chi connectivity index (χ4n) is 1.73. The molecule has 0 heterocycles. The van der Waals surface area contributed by atoms with Crippen LogP contribution in [0.25, 0.3) is 0 Å². The molecule has 0 spiro atoms. The minimum absolute atomic E-state index is 0.112. The largest absolute Gasteiger partial charge is 0.481 e. The highest BCUT2D eigenvalue weighted by molar-refractivity contribution is 5.70. The number of hydrogen-bond donors (Lipinski definition) is 1. The van der Waals surface area contributed by atoms with Crippen molar-refractivity contribution in [3.05, 3.63) is 71.8 Å². The van der Waals surface area contributed by atoms with Gasteiger partial charge in [0.1, 0.15) is 0 Å². The van der Waals surface area contributed by atoms with Gasteiger partial charge in [-0.1, -0.05) is 60.7 Å². The lowest BCUT2D eigenvalue weighted by molar-refractivity contribution is -0.141. The van der Waals surface area contributed by atoms with Crippen LogP contribution in [-0.4, -0.2) is 23.7 Å². The molecule has 0 aromatic heterocycles. The molecule has 0 saturated carbocycles. The number of aliphatic carboxylic acids is 1. The quantitative estimate of drug-likeness (QED) is 0.862. The number of carboxylic acids is 1. The number of hydrogen-bond acceptors (Lipinski definition) is 3. The number of rotatable bonds is 5. The van der Waals surface area contributed by atoms with E-state index in [1.54, 1.807) is 12.1 Å². The van der Waals surface area contributed by atoms with E-state index in [0.29, 0.717) is 6.61 Å². The molecular formula is C18H20O4. The molecule has 4 nitrogen and oxygen atoms in total. The average Bonchev–Trinajstić information content (AvgIpc) is 2.49. The van der Waals surface area contributed by atoms with Crippen molar-refractivity contribution in [2.75, 3.05) is 6.61 Å². The Hall–Kier alpha value is -2.62. The number of carbonyl (C=O) groups is 2. The molecule has 0 amide bonds. The monoisotopic (exact) mass is 300 g/mol. The van der Waals surface area contributed by atoms with Gasteiger partial charge in [0.15, 0.2) is 0 Å². The Morgan fingerprint density at radius 3 is 1.86 bits per heavy atom. The van der Waals surface area contributed by atoms with Gasteiger partial charge in [0.25, 0.3) is 0 Å². The van der Waals surface area contributed by atoms with Crippen LogP contribution in [-0.2, 0) is 27.2 Å². The lowest BCUT2D eigenvalue weighted by atomic mass is 10.2. The second-order valence-electron chi connectivity index (χ2n) is 4.63. The number of ether oxygens (including phenoxy) is 1. The van der Waals surface area contributed by atoms with E-state index >= 15 is 0 Å². The van der Waals surface area contributed by atoms with E-state index in [2.05, 4.69) is 0 Å². The van der Waals surface area contributed by atoms with Gasteiger partial charge >= 0.3 is 11.9 Å². The zero-order chi connectivity index (χ0) is 16.2. The summed E-state index contributed by atoms with van der Waals surface area (Å²) in [6, 6.07) is 19.1. The highest BCUT2D eigenvalue weighted by atomic mass is 16.5. The van der Waals surface area contributed by atoms with Crippen LogP contribution >= 0.6 is 0 Å². The van der Waals surface area contributed by atoms with Crippen molar-refractivity contribution >= 4 is 11.9 Å². The van der Waals surface area contributed by atoms with E-state index in [-0.39, 0.29) is 12.4 Å². The maximum Gasteiger partial charge on any atom is 0.307 e. The van der Waals surface area contributed by atoms with E-state index in [0.717, 1.165) is 12.0 Å². The standard InChI is InChI=1S/C10H12O2.C8H8O2/c1-9(11)12-8-7-10-5-3-2-4-6-10;9-8(10)6-7-4-2-1-3-5-7/h2-6H,7-8H2,1H3;1-5H,6H2,(H,9,10). The summed E-state index contributed by atoms with van der Waals surface area (Å²) < 4.78 is 4.81. The first kappa shape index (κ1) is 17.4. The SMILES string of the molecule is CC(=O)OCCc1ccccc1.O=C(O)Cc1ccccc1. The van der Waals surface area contributed by atoms with Crippen LogP contribution in [0, 0.1) is 0 Å². The Kier molecular flexibility index (Phi) is 8.05. The zero-order valence-corrected chi connectivity index (χ0v) is 12.6. The van der Waals surface area contributed by atoms with Crippen LogP contribution in [0.3, 0.4) is 0 Å². The van der Waals surface area contributed by atoms with Crippen molar-refractivity contribution in [3.8, 4) is 0 Å². The van der Waals surface area contributed by atoms with Crippen molar-refractivity contribution in [2.45, 2.75) is 19.8 Å². The first-order valence-corrected chi connectivity index (χ1v) is 7.01. The molecule has 0 aliphatic rings. The van der Waals surface area contributed by atoms with Crippen molar-refractivity contribution < 1.29 is 19.4 Å². The lowest BCUT2D eigenvalue weighted by Gasteiger charge is -2.00. The van der Waals surface area contributed by atoms with Crippen LogP contribution in [0.5, 0.6) is 0 Å². The predicted octanol–water partition coefficient (Wildman–Crippen LogP) is 3.11. The summed E-state index contributed by atoms with van der Waals surface area (Å²) in [4.78, 5) is 20.6. The second kappa shape index (κ2) is 10.2. The molecule has 0 unspecified atom stereocenters. The molecule has 4 heteroatoms. The van der Waals surface area contributed by atoms with Crippen molar-refractivity contribution in [1.82, 2.24) is 0 Å². The van der Waals surface area contributed by atoms with E-state index in [4.69, 9.17) is 9.84 Å². The molecular weight excluding hydrogens is 280 g/mol. The highest BCUT2D eigenvalue weighted by Gasteiger charge is 1.96. The molecule has 2 aromatic carbocycles. The van der Waals surface area contributed by atoms with Crippen molar-refractivity contribution in [2.24, 2.45) is 0 Å². The van der Waals surface area contributed by atoms with Gasteiger partial charge in [-0.25, -0.2) is 0 Å². The molecule has 0 aliphatic heterocycles. The van der Waals surface area contributed by atoms with E-state index in [1.807, 2.05) is 48.5 Å². The number of carboxylic acid groups (broad SMARTS) is 1. The Bertz CT molecular complexity index is 564. The summed E-state index contributed by atoms with van der Waals surface area (Å²) in [5, 5.41) is 8.37. The molecule has 22 heavy (non-hydrogen) atoms. The van der Waals surface area contributed by atoms with Crippen LogP contribution in [0.4, 0.5) is 0 Å². The Balaban J connectivity index is 0.000000224. The topological polar surface area (TPSA) is 63.6 Å². The third kappa shape index (κ3) is 8.53. The molecule has 0 aliphatic carbocycles. The average molecular weight is 300 g/mol. The molecule has 0 saturated heterocycles. The molecule has 0 atom stereocenters. The van der Waals surface area contributed by atoms with Gasteiger partial charge in [-0.05, 0) is 11.1 Å². The Labute approximate surface area is 130 Å². The van der Waals surface area contributed by atoms with Crippen LogP contribution in [0.15, 0.2) is 60.7 Å². The summed E-state index contributed by atoms with van der Waals surface area (Å²) in [5.41, 5.74) is 2.04. The molecule has 2 aromatic rings. The van der Waals surface area contributed by atoms with E-state index < -0.39 is 5.97 Å². The van der Waals surface area contributed by atoms with Gasteiger partial charge in [-0.3, -0.25) is 9.59 Å². The van der Waals surface area contributed by atoms with Gasteiger partial charge in [0, 0.05) is 13.3 Å². The molecule has 0 fully saturated rings. The lowest BCUT2D eigenvalue weighted by Crippen LogP contribution is -2.02. The summed E-state index contributed by atoms with van der Waals surface area (Å²) in [6.07, 6.45) is 0.904. The first-order valence-electron chi connectivity index (χ1n) is 7.01. The summed E-state index contributed by atoms with van der Waals surface area (Å²) in [5.74, 6) is -1.00. The van der Waals surface area contributed by atoms with E-state index in [9.17, 15) is 9.59 Å². The minimum Gasteiger partial charge on any atom is -0.481 e. The van der Waals surface area contributed by atoms with Crippen LogP contribution in [0.2, 0.25) is 0 Å². The molecule has 116 valence electrons. The fraction of sp³-hybridized carbons (Fsp3) is 0.222. The third-order valence-corrected chi connectivity index (χ3v) is 2.74. The minimum atomic E-state index is -0.786. The summed E-state index contributed by atoms with van der Waals surface area (Å²) >= 11 is 0. The highest BCUT2D eigenvalue weighted by Crippen LogP contribution is 1.99. The van der Waals surface area contributed by atoms with Crippen LogP contribution < -0.4 is 0 Å². The van der Waals surface area contributed by atoms with Gasteiger partial charge in [-0.2, -0.15) is 0 Å². The number of carbonyl (C=O) groups excluding carboxylic acids is 1. The zero-order valence-electron chi connectivity index (χ0n) is 12.6. The van der Waals surface area contributed by atoms with Gasteiger partial charge in [0.05, 0.1) is 13.0 Å². The molecule has 0 radical (unpaired) electrons. The molecule has 0 bridgehead atoms. The van der Waals surface area contributed by atoms with Gasteiger partial charge in [0.2, 0.25) is 0 Å². The van der Waals surface area contributed by atoms with Gasteiger partial charge in [-0.15, -0.1) is 0 Å². The smallest absolute Gasteiger partial charge is 0.307 e. The number of esters is 1. The first-order chi connectivity index (χ1) is 10.6. The third-order valence-electron chi connectivity index (χ3n) is 2.74. The Morgan fingerprint density at radius 2 is 1.41 bits per heavy atom. The second-order valence-corrected chi connectivity index (χ2v) is 4.63.